The first-order chi connectivity index (χ1) is 9.85. The van der Waals surface area contributed by atoms with E-state index in [2.05, 4.69) is 13.8 Å². The van der Waals surface area contributed by atoms with Crippen LogP contribution in [0, 0.1) is 11.3 Å². The van der Waals surface area contributed by atoms with Crippen LogP contribution < -0.4 is 10.5 Å². The molecule has 126 valence electrons. The molecule has 0 spiro atoms. The number of ether oxygens (including phenoxy) is 1. The number of halogens is 1. The number of benzene rings is 1. The summed E-state index contributed by atoms with van der Waals surface area (Å²) in [5.41, 5.74) is 5.67. The van der Waals surface area contributed by atoms with E-state index in [0.717, 1.165) is 5.75 Å². The third-order valence-electron chi connectivity index (χ3n) is 3.58. The summed E-state index contributed by atoms with van der Waals surface area (Å²) in [7, 11) is 1.84. The molecule has 0 heterocycles. The summed E-state index contributed by atoms with van der Waals surface area (Å²) < 4.78 is 5.64. The first kappa shape index (κ1) is 20.7. The second kappa shape index (κ2) is 9.70. The molecule has 22 heavy (non-hydrogen) atoms. The molecule has 1 atom stereocenters. The van der Waals surface area contributed by atoms with Gasteiger partial charge in [0.1, 0.15) is 5.75 Å². The highest BCUT2D eigenvalue weighted by atomic mass is 35.5. The Balaban J connectivity index is 0.00000441. The lowest BCUT2D eigenvalue weighted by atomic mass is 9.92. The summed E-state index contributed by atoms with van der Waals surface area (Å²) in [6.45, 7) is 7.87. The van der Waals surface area contributed by atoms with Crippen molar-refractivity contribution in [3.63, 3.8) is 0 Å². The van der Waals surface area contributed by atoms with Crippen LogP contribution in [-0.4, -0.2) is 37.6 Å². The lowest BCUT2D eigenvalue weighted by Crippen LogP contribution is -2.42. The average Bonchev–Trinajstić information content (AvgIpc) is 2.47. The molecule has 2 N–H and O–H groups in total. The van der Waals surface area contributed by atoms with Crippen molar-refractivity contribution in [1.29, 1.82) is 0 Å². The Bertz CT molecular complexity index is 438. The Morgan fingerprint density at radius 1 is 1.32 bits per heavy atom. The highest BCUT2D eigenvalue weighted by Crippen LogP contribution is 2.17. The Morgan fingerprint density at radius 3 is 2.45 bits per heavy atom. The molecule has 0 aliphatic heterocycles. The van der Waals surface area contributed by atoms with E-state index in [1.54, 1.807) is 4.90 Å². The van der Waals surface area contributed by atoms with Crippen molar-refractivity contribution in [1.82, 2.24) is 4.90 Å². The van der Waals surface area contributed by atoms with Gasteiger partial charge in [-0.15, -0.1) is 12.4 Å². The maximum Gasteiger partial charge on any atom is 0.225 e. The number of hydrogen-bond donors (Lipinski definition) is 1. The fourth-order valence-electron chi connectivity index (χ4n) is 2.15. The zero-order valence-corrected chi connectivity index (χ0v) is 14.9. The molecule has 1 rings (SSSR count). The summed E-state index contributed by atoms with van der Waals surface area (Å²) in [5.74, 6) is 0.940. The minimum atomic E-state index is -0.0509. The maximum absolute atomic E-state index is 12.3. The van der Waals surface area contributed by atoms with E-state index < -0.39 is 0 Å². The number of hydrogen-bond acceptors (Lipinski definition) is 3. The second-order valence-electron chi connectivity index (χ2n) is 6.41. The lowest BCUT2D eigenvalue weighted by Gasteiger charge is -2.30. The van der Waals surface area contributed by atoms with Crippen LogP contribution in [-0.2, 0) is 4.79 Å². The van der Waals surface area contributed by atoms with Gasteiger partial charge in [0.15, 0.2) is 0 Å². The summed E-state index contributed by atoms with van der Waals surface area (Å²) in [6, 6.07) is 9.66. The van der Waals surface area contributed by atoms with Gasteiger partial charge in [-0.2, -0.15) is 0 Å². The van der Waals surface area contributed by atoms with E-state index in [4.69, 9.17) is 10.5 Å². The average molecular weight is 329 g/mol. The van der Waals surface area contributed by atoms with Crippen LogP contribution in [0.4, 0.5) is 0 Å². The van der Waals surface area contributed by atoms with Crippen LogP contribution in [0.1, 0.15) is 27.2 Å². The van der Waals surface area contributed by atoms with Crippen molar-refractivity contribution in [2.24, 2.45) is 17.1 Å². The first-order valence-electron chi connectivity index (χ1n) is 7.48. The zero-order valence-electron chi connectivity index (χ0n) is 14.0. The summed E-state index contributed by atoms with van der Waals surface area (Å²) in [4.78, 5) is 14.1. The molecular weight excluding hydrogens is 300 g/mol. The SMILES string of the molecule is CC(CCOc1ccccc1)C(=O)N(C)CC(C)(C)CN.Cl. The summed E-state index contributed by atoms with van der Waals surface area (Å²) in [6.07, 6.45) is 0.709. The van der Waals surface area contributed by atoms with Gasteiger partial charge in [-0.1, -0.05) is 39.0 Å². The van der Waals surface area contributed by atoms with Gasteiger partial charge in [0.25, 0.3) is 0 Å². The largest absolute Gasteiger partial charge is 0.494 e. The van der Waals surface area contributed by atoms with Gasteiger partial charge >= 0.3 is 0 Å². The van der Waals surface area contributed by atoms with Crippen LogP contribution in [0.3, 0.4) is 0 Å². The van der Waals surface area contributed by atoms with Gasteiger partial charge in [0.2, 0.25) is 5.91 Å². The molecule has 0 bridgehead atoms. The lowest BCUT2D eigenvalue weighted by molar-refractivity contribution is -0.135. The highest BCUT2D eigenvalue weighted by Gasteiger charge is 2.24. The smallest absolute Gasteiger partial charge is 0.225 e. The maximum atomic E-state index is 12.3. The number of nitrogens with two attached hydrogens (primary N) is 1. The monoisotopic (exact) mass is 328 g/mol. The second-order valence-corrected chi connectivity index (χ2v) is 6.41. The molecule has 1 aromatic carbocycles. The molecule has 0 fully saturated rings. The Labute approximate surface area is 140 Å². The minimum absolute atomic E-state index is 0. The minimum Gasteiger partial charge on any atom is -0.494 e. The van der Waals surface area contributed by atoms with Crippen LogP contribution in [0.5, 0.6) is 5.75 Å². The van der Waals surface area contributed by atoms with Crippen molar-refractivity contribution in [3.8, 4) is 5.75 Å². The van der Waals surface area contributed by atoms with Crippen molar-refractivity contribution >= 4 is 18.3 Å². The van der Waals surface area contributed by atoms with Gasteiger partial charge in [0.05, 0.1) is 6.61 Å². The van der Waals surface area contributed by atoms with Gasteiger partial charge in [-0.05, 0) is 30.5 Å². The predicted octanol–water partition coefficient (Wildman–Crippen LogP) is 2.96. The van der Waals surface area contributed by atoms with E-state index in [0.29, 0.717) is 26.1 Å². The Kier molecular flexibility index (Phi) is 9.14. The molecule has 0 saturated carbocycles. The molecule has 0 aromatic heterocycles. The van der Waals surface area contributed by atoms with Crippen LogP contribution in [0.25, 0.3) is 0 Å². The van der Waals surface area contributed by atoms with Gasteiger partial charge in [-0.25, -0.2) is 0 Å². The van der Waals surface area contributed by atoms with Crippen molar-refractivity contribution in [2.75, 3.05) is 26.7 Å². The molecule has 4 nitrogen and oxygen atoms in total. The zero-order chi connectivity index (χ0) is 15.9. The van der Waals surface area contributed by atoms with Crippen molar-refractivity contribution in [2.45, 2.75) is 27.2 Å². The van der Waals surface area contributed by atoms with Gasteiger partial charge in [-0.3, -0.25) is 4.79 Å². The third kappa shape index (κ3) is 7.14. The van der Waals surface area contributed by atoms with Crippen LogP contribution >= 0.6 is 12.4 Å². The normalized spacial score (nSPS) is 12.2. The summed E-state index contributed by atoms with van der Waals surface area (Å²) in [5, 5.41) is 0. The van der Waals surface area contributed by atoms with Crippen molar-refractivity contribution < 1.29 is 9.53 Å². The highest BCUT2D eigenvalue weighted by molar-refractivity contribution is 5.85. The predicted molar refractivity (Wildman–Crippen MR) is 93.4 cm³/mol. The Morgan fingerprint density at radius 2 is 1.91 bits per heavy atom. The molecule has 1 aromatic rings. The third-order valence-corrected chi connectivity index (χ3v) is 3.58. The topological polar surface area (TPSA) is 55.6 Å². The molecule has 0 aliphatic carbocycles. The van der Waals surface area contributed by atoms with E-state index in [-0.39, 0.29) is 29.6 Å². The number of carbonyl (C=O) groups excluding carboxylic acids is 1. The van der Waals surface area contributed by atoms with E-state index in [9.17, 15) is 4.79 Å². The number of amides is 1. The fourth-order valence-corrected chi connectivity index (χ4v) is 2.15. The Hall–Kier alpha value is -1.26. The molecule has 0 aliphatic rings. The molecular formula is C17H29ClN2O2. The van der Waals surface area contributed by atoms with Gasteiger partial charge < -0.3 is 15.4 Å². The summed E-state index contributed by atoms with van der Waals surface area (Å²) >= 11 is 0. The molecule has 5 heteroatoms. The molecule has 1 amide bonds. The van der Waals surface area contributed by atoms with Crippen molar-refractivity contribution in [3.05, 3.63) is 30.3 Å². The first-order valence-corrected chi connectivity index (χ1v) is 7.48. The van der Waals surface area contributed by atoms with Crippen LogP contribution in [0.2, 0.25) is 0 Å². The van der Waals surface area contributed by atoms with Gasteiger partial charge in [0, 0.05) is 19.5 Å². The van der Waals surface area contributed by atoms with E-state index in [1.807, 2.05) is 44.3 Å². The van der Waals surface area contributed by atoms with E-state index in [1.165, 1.54) is 0 Å². The van der Waals surface area contributed by atoms with E-state index >= 15 is 0 Å². The molecule has 0 saturated heterocycles. The molecule has 1 unspecified atom stereocenters. The quantitative estimate of drug-likeness (QED) is 0.798. The standard InChI is InChI=1S/C17H28N2O2.ClH/c1-14(10-11-21-15-8-6-5-7-9-15)16(20)19(4)13-17(2,3)12-18;/h5-9,14H,10-13,18H2,1-4H3;1H. The number of carbonyl (C=O) groups is 1. The number of nitrogens with zero attached hydrogens (tertiary/aromatic N) is 1. The fraction of sp³-hybridized carbons (Fsp3) is 0.588. The molecule has 0 radical (unpaired) electrons. The van der Waals surface area contributed by atoms with Crippen LogP contribution in [0.15, 0.2) is 30.3 Å². The number of para-hydroxylation sites is 1. The number of rotatable bonds is 8.